The van der Waals surface area contributed by atoms with E-state index in [1.807, 2.05) is 0 Å². The van der Waals surface area contributed by atoms with Crippen molar-refractivity contribution in [1.82, 2.24) is 5.32 Å². The zero-order valence-electron chi connectivity index (χ0n) is 9.58. The number of nitrogens with one attached hydrogen (secondary N) is 1. The van der Waals surface area contributed by atoms with Gasteiger partial charge in [-0.05, 0) is 12.8 Å². The first-order chi connectivity index (χ1) is 7.02. The molecule has 0 spiro atoms. The number of sulfone groups is 1. The normalized spacial score (nSPS) is 20.7. The van der Waals surface area contributed by atoms with E-state index in [2.05, 4.69) is 5.32 Å². The summed E-state index contributed by atoms with van der Waals surface area (Å²) in [6, 6.07) is 0. The molecule has 15 heavy (non-hydrogen) atoms. The molecule has 0 aromatic heterocycles. The zero-order chi connectivity index (χ0) is 11.4. The van der Waals surface area contributed by atoms with Crippen molar-refractivity contribution in [3.8, 4) is 0 Å². The Morgan fingerprint density at radius 2 is 1.93 bits per heavy atom. The maximum absolute atomic E-state index is 11.7. The average Bonchev–Trinajstić information content (AvgIpc) is 2.61. The minimum atomic E-state index is -2.95. The van der Waals surface area contributed by atoms with Crippen molar-refractivity contribution in [3.05, 3.63) is 0 Å². The fraction of sp³-hybridized carbons (Fsp3) is 1.00. The van der Waals surface area contributed by atoms with E-state index in [0.29, 0.717) is 19.7 Å². The fourth-order valence-electron chi connectivity index (χ4n) is 2.19. The van der Waals surface area contributed by atoms with Crippen LogP contribution in [-0.4, -0.2) is 46.2 Å². The molecule has 1 saturated carbocycles. The van der Waals surface area contributed by atoms with Gasteiger partial charge in [0.1, 0.15) is 0 Å². The Morgan fingerprint density at radius 1 is 1.33 bits per heavy atom. The van der Waals surface area contributed by atoms with Crippen molar-refractivity contribution in [3.63, 3.8) is 0 Å². The van der Waals surface area contributed by atoms with Crippen LogP contribution in [0, 0.1) is 0 Å². The Kier molecular flexibility index (Phi) is 4.55. The van der Waals surface area contributed by atoms with Gasteiger partial charge < -0.3 is 10.1 Å². The van der Waals surface area contributed by atoms with E-state index in [1.165, 1.54) is 6.26 Å². The van der Waals surface area contributed by atoms with E-state index >= 15 is 0 Å². The first-order valence-corrected chi connectivity index (χ1v) is 7.30. The third kappa shape index (κ3) is 3.16. The average molecular weight is 235 g/mol. The maximum atomic E-state index is 11.7. The molecule has 5 heteroatoms. The SMILES string of the molecule is COCCNCC1(S(C)(=O)=O)CCCC1. The molecule has 0 atom stereocenters. The van der Waals surface area contributed by atoms with Crippen LogP contribution in [0.15, 0.2) is 0 Å². The van der Waals surface area contributed by atoms with Gasteiger partial charge in [0, 0.05) is 26.5 Å². The molecular formula is C10H21NO3S. The van der Waals surface area contributed by atoms with Crippen molar-refractivity contribution < 1.29 is 13.2 Å². The van der Waals surface area contributed by atoms with Gasteiger partial charge in [0.05, 0.1) is 11.4 Å². The van der Waals surface area contributed by atoms with Crippen LogP contribution in [0.2, 0.25) is 0 Å². The summed E-state index contributed by atoms with van der Waals surface area (Å²) in [7, 11) is -1.31. The molecule has 0 radical (unpaired) electrons. The molecule has 1 fully saturated rings. The summed E-state index contributed by atoms with van der Waals surface area (Å²) in [5, 5.41) is 3.17. The first-order valence-electron chi connectivity index (χ1n) is 5.41. The first kappa shape index (κ1) is 12.9. The van der Waals surface area contributed by atoms with Gasteiger partial charge in [-0.1, -0.05) is 12.8 Å². The van der Waals surface area contributed by atoms with Gasteiger partial charge in [0.2, 0.25) is 0 Å². The highest BCUT2D eigenvalue weighted by molar-refractivity contribution is 7.92. The van der Waals surface area contributed by atoms with E-state index < -0.39 is 14.6 Å². The molecule has 4 nitrogen and oxygen atoms in total. The van der Waals surface area contributed by atoms with Crippen molar-refractivity contribution >= 4 is 9.84 Å². The Bertz CT molecular complexity index is 281. The van der Waals surface area contributed by atoms with Gasteiger partial charge in [-0.3, -0.25) is 0 Å². The predicted octanol–water partition coefficient (Wildman–Crippen LogP) is 0.580. The molecule has 1 N–H and O–H groups in total. The molecule has 0 bridgehead atoms. The van der Waals surface area contributed by atoms with Gasteiger partial charge in [-0.15, -0.1) is 0 Å². The third-order valence-electron chi connectivity index (χ3n) is 3.23. The topological polar surface area (TPSA) is 55.4 Å². The molecule has 0 amide bonds. The number of hydrogen-bond donors (Lipinski definition) is 1. The van der Waals surface area contributed by atoms with Crippen LogP contribution in [0.3, 0.4) is 0 Å². The standard InChI is InChI=1S/C10H21NO3S/c1-14-8-7-11-9-10(15(2,12)13)5-3-4-6-10/h11H,3-9H2,1-2H3. The second-order valence-electron chi connectivity index (χ2n) is 4.33. The lowest BCUT2D eigenvalue weighted by molar-refractivity contribution is 0.198. The minimum Gasteiger partial charge on any atom is -0.383 e. The summed E-state index contributed by atoms with van der Waals surface area (Å²) < 4.78 is 27.9. The molecule has 1 aliphatic carbocycles. The number of methoxy groups -OCH3 is 1. The fourth-order valence-corrected chi connectivity index (χ4v) is 3.58. The van der Waals surface area contributed by atoms with Crippen LogP contribution < -0.4 is 5.32 Å². The van der Waals surface area contributed by atoms with Gasteiger partial charge in [0.25, 0.3) is 0 Å². The maximum Gasteiger partial charge on any atom is 0.154 e. The van der Waals surface area contributed by atoms with E-state index in [0.717, 1.165) is 25.7 Å². The smallest absolute Gasteiger partial charge is 0.154 e. The lowest BCUT2D eigenvalue weighted by Crippen LogP contribution is -2.45. The molecular weight excluding hydrogens is 214 g/mol. The minimum absolute atomic E-state index is 0.513. The van der Waals surface area contributed by atoms with E-state index in [-0.39, 0.29) is 0 Å². The monoisotopic (exact) mass is 235 g/mol. The quantitative estimate of drug-likeness (QED) is 0.684. The second kappa shape index (κ2) is 5.27. The number of rotatable bonds is 6. The molecule has 0 saturated heterocycles. The van der Waals surface area contributed by atoms with E-state index in [1.54, 1.807) is 7.11 Å². The highest BCUT2D eigenvalue weighted by atomic mass is 32.2. The predicted molar refractivity (Wildman–Crippen MR) is 60.8 cm³/mol. The molecule has 1 aliphatic rings. The summed E-state index contributed by atoms with van der Waals surface area (Å²) in [4.78, 5) is 0. The molecule has 0 aliphatic heterocycles. The van der Waals surface area contributed by atoms with Crippen LogP contribution in [0.25, 0.3) is 0 Å². The highest BCUT2D eigenvalue weighted by Crippen LogP contribution is 2.35. The summed E-state index contributed by atoms with van der Waals surface area (Å²) in [5.74, 6) is 0. The van der Waals surface area contributed by atoms with Crippen molar-refractivity contribution in [2.75, 3.05) is 33.1 Å². The summed E-state index contributed by atoms with van der Waals surface area (Å²) >= 11 is 0. The third-order valence-corrected chi connectivity index (χ3v) is 5.36. The van der Waals surface area contributed by atoms with Crippen molar-refractivity contribution in [2.24, 2.45) is 0 Å². The Hall–Kier alpha value is -0.130. The Labute approximate surface area is 92.3 Å². The molecule has 0 heterocycles. The Balaban J connectivity index is 2.52. The van der Waals surface area contributed by atoms with Crippen LogP contribution in [0.5, 0.6) is 0 Å². The largest absolute Gasteiger partial charge is 0.383 e. The van der Waals surface area contributed by atoms with Crippen molar-refractivity contribution in [1.29, 1.82) is 0 Å². The van der Waals surface area contributed by atoms with Gasteiger partial charge in [-0.25, -0.2) is 8.42 Å². The number of ether oxygens (including phenoxy) is 1. The molecule has 0 unspecified atom stereocenters. The molecule has 90 valence electrons. The summed E-state index contributed by atoms with van der Waals surface area (Å²) in [6.07, 6.45) is 5.01. The second-order valence-corrected chi connectivity index (χ2v) is 6.74. The molecule has 1 rings (SSSR count). The zero-order valence-corrected chi connectivity index (χ0v) is 10.4. The van der Waals surface area contributed by atoms with Crippen LogP contribution in [0.1, 0.15) is 25.7 Å². The number of hydrogen-bond acceptors (Lipinski definition) is 4. The van der Waals surface area contributed by atoms with Gasteiger partial charge in [-0.2, -0.15) is 0 Å². The van der Waals surface area contributed by atoms with Crippen molar-refractivity contribution in [2.45, 2.75) is 30.4 Å². The van der Waals surface area contributed by atoms with Crippen LogP contribution >= 0.6 is 0 Å². The molecule has 0 aromatic carbocycles. The van der Waals surface area contributed by atoms with Crippen LogP contribution in [-0.2, 0) is 14.6 Å². The van der Waals surface area contributed by atoms with E-state index in [9.17, 15) is 8.42 Å². The highest BCUT2D eigenvalue weighted by Gasteiger charge is 2.42. The lowest BCUT2D eigenvalue weighted by Gasteiger charge is -2.27. The van der Waals surface area contributed by atoms with Gasteiger partial charge in [0.15, 0.2) is 9.84 Å². The van der Waals surface area contributed by atoms with Crippen LogP contribution in [0.4, 0.5) is 0 Å². The summed E-state index contributed by atoms with van der Waals surface area (Å²) in [5.41, 5.74) is 0. The Morgan fingerprint density at radius 3 is 2.40 bits per heavy atom. The molecule has 0 aromatic rings. The van der Waals surface area contributed by atoms with Gasteiger partial charge >= 0.3 is 0 Å². The van der Waals surface area contributed by atoms with E-state index in [4.69, 9.17) is 4.74 Å². The summed E-state index contributed by atoms with van der Waals surface area (Å²) in [6.45, 7) is 1.91. The lowest BCUT2D eigenvalue weighted by atomic mass is 10.1.